The van der Waals surface area contributed by atoms with Crippen LogP contribution in [0.15, 0.2) is 58.8 Å². The van der Waals surface area contributed by atoms with Gasteiger partial charge < -0.3 is 4.74 Å². The molecule has 158 valence electrons. The monoisotopic (exact) mass is 445 g/mol. The summed E-state index contributed by atoms with van der Waals surface area (Å²) in [6.45, 7) is 3.66. The van der Waals surface area contributed by atoms with Crippen molar-refractivity contribution in [1.82, 2.24) is 9.29 Å². The molecule has 0 spiro atoms. The first-order valence-corrected chi connectivity index (χ1v) is 11.5. The standard InChI is InChI=1S/C21H23N3O4S2/c1-14-5-9-17(10-6-14)28-15(2)20(25)23-21-22-19(13-29-21)16-7-11-18(12-8-16)30(26,27)24(3)4/h5-13,15H,1-4H3,(H,22,23,25). The Bertz CT molecular complexity index is 1120. The number of carbonyl (C=O) groups is 1. The number of carbonyl (C=O) groups excluding carboxylic acids is 1. The molecule has 0 saturated heterocycles. The van der Waals surface area contributed by atoms with Crippen LogP contribution in [0, 0.1) is 6.92 Å². The molecule has 1 amide bonds. The number of aromatic nitrogens is 1. The summed E-state index contributed by atoms with van der Waals surface area (Å²) in [7, 11) is -0.503. The molecule has 0 aliphatic carbocycles. The van der Waals surface area contributed by atoms with Crippen LogP contribution >= 0.6 is 11.3 Å². The van der Waals surface area contributed by atoms with Gasteiger partial charge in [0.2, 0.25) is 10.0 Å². The minimum atomic E-state index is -3.48. The average Bonchev–Trinajstić information content (AvgIpc) is 3.18. The summed E-state index contributed by atoms with van der Waals surface area (Å²) in [6.07, 6.45) is -0.685. The second kappa shape index (κ2) is 8.95. The minimum Gasteiger partial charge on any atom is -0.481 e. The number of hydrogen-bond acceptors (Lipinski definition) is 6. The Morgan fingerprint density at radius 3 is 2.33 bits per heavy atom. The van der Waals surface area contributed by atoms with Crippen molar-refractivity contribution in [2.75, 3.05) is 19.4 Å². The van der Waals surface area contributed by atoms with Crippen LogP contribution in [0.2, 0.25) is 0 Å². The van der Waals surface area contributed by atoms with Crippen molar-refractivity contribution < 1.29 is 17.9 Å². The smallest absolute Gasteiger partial charge is 0.266 e. The number of thiazole rings is 1. The molecule has 7 nitrogen and oxygen atoms in total. The topological polar surface area (TPSA) is 88.6 Å². The third kappa shape index (κ3) is 5.05. The van der Waals surface area contributed by atoms with Crippen LogP contribution in [0.25, 0.3) is 11.3 Å². The zero-order valence-electron chi connectivity index (χ0n) is 17.1. The summed E-state index contributed by atoms with van der Waals surface area (Å²) in [6, 6.07) is 14.0. The molecule has 0 aliphatic heterocycles. The fraction of sp³-hybridized carbons (Fsp3) is 0.238. The molecule has 2 aromatic carbocycles. The quantitative estimate of drug-likeness (QED) is 0.598. The van der Waals surface area contributed by atoms with Crippen LogP contribution in [-0.2, 0) is 14.8 Å². The summed E-state index contributed by atoms with van der Waals surface area (Å²) in [5.74, 6) is 0.319. The maximum Gasteiger partial charge on any atom is 0.266 e. The number of ether oxygens (including phenoxy) is 1. The van der Waals surface area contributed by atoms with Crippen LogP contribution in [-0.4, -0.2) is 43.8 Å². The van der Waals surface area contributed by atoms with Gasteiger partial charge in [0.25, 0.3) is 5.91 Å². The van der Waals surface area contributed by atoms with Gasteiger partial charge in [-0.15, -0.1) is 11.3 Å². The highest BCUT2D eigenvalue weighted by atomic mass is 32.2. The zero-order chi connectivity index (χ0) is 21.9. The van der Waals surface area contributed by atoms with E-state index in [0.29, 0.717) is 16.6 Å². The van der Waals surface area contributed by atoms with Crippen LogP contribution in [0.3, 0.4) is 0 Å². The molecule has 1 aromatic heterocycles. The predicted molar refractivity (Wildman–Crippen MR) is 118 cm³/mol. The second-order valence-corrected chi connectivity index (χ2v) is 9.92. The van der Waals surface area contributed by atoms with E-state index in [9.17, 15) is 13.2 Å². The Morgan fingerprint density at radius 1 is 1.10 bits per heavy atom. The molecule has 0 radical (unpaired) electrons. The van der Waals surface area contributed by atoms with Crippen LogP contribution in [0.5, 0.6) is 5.75 Å². The number of amides is 1. The molecule has 30 heavy (non-hydrogen) atoms. The van der Waals surface area contributed by atoms with E-state index < -0.39 is 16.1 Å². The highest BCUT2D eigenvalue weighted by molar-refractivity contribution is 7.89. The lowest BCUT2D eigenvalue weighted by Crippen LogP contribution is -2.30. The van der Waals surface area contributed by atoms with E-state index in [4.69, 9.17) is 4.74 Å². The Labute approximate surface area is 180 Å². The number of nitrogens with one attached hydrogen (secondary N) is 1. The van der Waals surface area contributed by atoms with Crippen LogP contribution in [0.1, 0.15) is 12.5 Å². The van der Waals surface area contributed by atoms with Crippen molar-refractivity contribution in [3.05, 3.63) is 59.5 Å². The largest absolute Gasteiger partial charge is 0.481 e. The van der Waals surface area contributed by atoms with Gasteiger partial charge in [0.15, 0.2) is 11.2 Å². The molecular formula is C21H23N3O4S2. The van der Waals surface area contributed by atoms with Crippen LogP contribution < -0.4 is 10.1 Å². The first-order valence-electron chi connectivity index (χ1n) is 9.19. The number of rotatable bonds is 7. The Kier molecular flexibility index (Phi) is 6.55. The van der Waals surface area contributed by atoms with Gasteiger partial charge in [-0.25, -0.2) is 17.7 Å². The first kappa shape index (κ1) is 21.9. The number of hydrogen-bond donors (Lipinski definition) is 1. The lowest BCUT2D eigenvalue weighted by molar-refractivity contribution is -0.122. The van der Waals surface area contributed by atoms with Gasteiger partial charge in [-0.05, 0) is 38.1 Å². The Hall–Kier alpha value is -2.75. The molecule has 1 atom stereocenters. The van der Waals surface area contributed by atoms with Crippen molar-refractivity contribution in [3.63, 3.8) is 0 Å². The van der Waals surface area contributed by atoms with E-state index >= 15 is 0 Å². The summed E-state index contributed by atoms with van der Waals surface area (Å²) >= 11 is 1.29. The van der Waals surface area contributed by atoms with E-state index in [1.54, 1.807) is 36.6 Å². The second-order valence-electron chi connectivity index (χ2n) is 6.91. The molecule has 0 saturated carbocycles. The average molecular weight is 446 g/mol. The highest BCUT2D eigenvalue weighted by Gasteiger charge is 2.18. The zero-order valence-corrected chi connectivity index (χ0v) is 18.8. The molecule has 0 fully saturated rings. The summed E-state index contributed by atoms with van der Waals surface area (Å²) in [4.78, 5) is 17.0. The normalized spacial score (nSPS) is 12.6. The molecule has 1 N–H and O–H groups in total. The number of benzene rings is 2. The fourth-order valence-corrected chi connectivity index (χ4v) is 4.18. The lowest BCUT2D eigenvalue weighted by atomic mass is 10.2. The molecule has 3 aromatic rings. The molecular weight excluding hydrogens is 422 g/mol. The van der Waals surface area contributed by atoms with Gasteiger partial charge in [0.1, 0.15) is 5.75 Å². The van der Waals surface area contributed by atoms with Gasteiger partial charge in [0, 0.05) is 25.0 Å². The van der Waals surface area contributed by atoms with Crippen molar-refractivity contribution in [2.45, 2.75) is 24.8 Å². The lowest BCUT2D eigenvalue weighted by Gasteiger charge is -2.13. The maximum absolute atomic E-state index is 12.4. The van der Waals surface area contributed by atoms with E-state index in [1.807, 2.05) is 31.2 Å². The number of nitrogens with zero attached hydrogens (tertiary/aromatic N) is 2. The van der Waals surface area contributed by atoms with E-state index in [1.165, 1.54) is 29.7 Å². The molecule has 9 heteroatoms. The van der Waals surface area contributed by atoms with Gasteiger partial charge >= 0.3 is 0 Å². The highest BCUT2D eigenvalue weighted by Crippen LogP contribution is 2.26. The number of sulfonamides is 1. The van der Waals surface area contributed by atoms with E-state index in [2.05, 4.69) is 10.3 Å². The molecule has 1 unspecified atom stereocenters. The van der Waals surface area contributed by atoms with Gasteiger partial charge in [-0.2, -0.15) is 0 Å². The fourth-order valence-electron chi connectivity index (χ4n) is 2.55. The van der Waals surface area contributed by atoms with Crippen molar-refractivity contribution in [2.24, 2.45) is 0 Å². The van der Waals surface area contributed by atoms with Crippen molar-refractivity contribution in [3.8, 4) is 17.0 Å². The van der Waals surface area contributed by atoms with Gasteiger partial charge in [-0.1, -0.05) is 29.8 Å². The maximum atomic E-state index is 12.4. The van der Waals surface area contributed by atoms with Crippen molar-refractivity contribution in [1.29, 1.82) is 0 Å². The number of aryl methyl sites for hydroxylation is 1. The first-order chi connectivity index (χ1) is 14.2. The van der Waals surface area contributed by atoms with E-state index in [-0.39, 0.29) is 10.8 Å². The molecule has 0 aliphatic rings. The minimum absolute atomic E-state index is 0.210. The Balaban J connectivity index is 1.66. The Morgan fingerprint density at radius 2 is 1.73 bits per heavy atom. The summed E-state index contributed by atoms with van der Waals surface area (Å²) < 4.78 is 31.2. The summed E-state index contributed by atoms with van der Waals surface area (Å²) in [5, 5.41) is 5.00. The third-order valence-corrected chi connectivity index (χ3v) is 6.95. The molecule has 1 heterocycles. The molecule has 3 rings (SSSR count). The van der Waals surface area contributed by atoms with Crippen LogP contribution in [0.4, 0.5) is 5.13 Å². The number of anilines is 1. The SMILES string of the molecule is Cc1ccc(OC(C)C(=O)Nc2nc(-c3ccc(S(=O)(=O)N(C)C)cc3)cs2)cc1. The molecule has 0 bridgehead atoms. The van der Waals surface area contributed by atoms with Gasteiger partial charge in [0.05, 0.1) is 10.6 Å². The van der Waals surface area contributed by atoms with Crippen molar-refractivity contribution >= 4 is 32.4 Å². The van der Waals surface area contributed by atoms with Gasteiger partial charge in [-0.3, -0.25) is 10.1 Å². The summed E-state index contributed by atoms with van der Waals surface area (Å²) in [5.41, 5.74) is 2.52. The predicted octanol–water partition coefficient (Wildman–Crippen LogP) is 3.77. The van der Waals surface area contributed by atoms with E-state index in [0.717, 1.165) is 11.1 Å². The third-order valence-electron chi connectivity index (χ3n) is 4.37.